The lowest BCUT2D eigenvalue weighted by atomic mass is 9.97. The highest BCUT2D eigenvalue weighted by Crippen LogP contribution is 2.39. The van der Waals surface area contributed by atoms with Crippen molar-refractivity contribution in [3.8, 4) is 16.9 Å². The summed E-state index contributed by atoms with van der Waals surface area (Å²) >= 11 is 12.3. The zero-order valence-corrected chi connectivity index (χ0v) is 14.4. The number of ether oxygens (including phenoxy) is 1. The third-order valence-electron chi connectivity index (χ3n) is 3.81. The van der Waals surface area contributed by atoms with Crippen LogP contribution in [0.4, 0.5) is 0 Å². The maximum Gasteiger partial charge on any atom is 0.248 e. The third-order valence-corrected chi connectivity index (χ3v) is 4.60. The van der Waals surface area contributed by atoms with E-state index in [9.17, 15) is 4.79 Å². The normalized spacial score (nSPS) is 20.7. The molecule has 0 aliphatic carbocycles. The summed E-state index contributed by atoms with van der Waals surface area (Å²) in [6.07, 6.45) is -0.0691. The summed E-state index contributed by atoms with van der Waals surface area (Å²) in [6, 6.07) is 15.2. The number of hydrogen-bond acceptors (Lipinski definition) is 4. The number of benzene rings is 2. The molecule has 0 aromatic heterocycles. The van der Waals surface area contributed by atoms with E-state index in [0.29, 0.717) is 5.56 Å². The van der Waals surface area contributed by atoms with E-state index in [2.05, 4.69) is 4.99 Å². The Labute approximate surface area is 149 Å². The van der Waals surface area contributed by atoms with E-state index in [1.54, 1.807) is 7.11 Å². The maximum absolute atomic E-state index is 12.0. The van der Waals surface area contributed by atoms with E-state index >= 15 is 0 Å². The number of alkyl halides is 1. The summed E-state index contributed by atoms with van der Waals surface area (Å²) < 4.78 is 6.04. The lowest BCUT2D eigenvalue weighted by Crippen LogP contribution is -2.44. The Morgan fingerprint density at radius 2 is 1.88 bits per heavy atom. The van der Waals surface area contributed by atoms with Crippen molar-refractivity contribution in [2.75, 3.05) is 7.11 Å². The van der Waals surface area contributed by atoms with Crippen LogP contribution in [-0.4, -0.2) is 23.4 Å². The van der Waals surface area contributed by atoms with Gasteiger partial charge in [-0.25, -0.2) is 4.99 Å². The second-order valence-corrected chi connectivity index (χ2v) is 6.36. The monoisotopic (exact) mass is 363 g/mol. The van der Waals surface area contributed by atoms with Crippen LogP contribution in [0.1, 0.15) is 12.0 Å². The number of rotatable bonds is 3. The van der Waals surface area contributed by atoms with Crippen molar-refractivity contribution in [2.24, 2.45) is 10.7 Å². The summed E-state index contributed by atoms with van der Waals surface area (Å²) in [5.41, 5.74) is 8.26. The van der Waals surface area contributed by atoms with Gasteiger partial charge in [0.1, 0.15) is 5.75 Å². The van der Waals surface area contributed by atoms with E-state index < -0.39 is 10.9 Å². The minimum Gasteiger partial charge on any atom is -0.497 e. The molecule has 0 saturated carbocycles. The van der Waals surface area contributed by atoms with Gasteiger partial charge in [-0.05, 0) is 34.9 Å². The van der Waals surface area contributed by atoms with Gasteiger partial charge in [-0.3, -0.25) is 4.79 Å². The fraction of sp³-hybridized carbons (Fsp3) is 0.176. The number of nitrogens with two attached hydrogens (primary N) is 1. The molecule has 2 N–H and O–H groups in total. The Morgan fingerprint density at radius 1 is 1.21 bits per heavy atom. The van der Waals surface area contributed by atoms with Crippen LogP contribution >= 0.6 is 23.4 Å². The molecule has 0 radical (unpaired) electrons. The number of nitrogens with zero attached hydrogens (tertiary/aromatic N) is 2. The first kappa shape index (κ1) is 16.6. The Morgan fingerprint density at radius 3 is 2.54 bits per heavy atom. The van der Waals surface area contributed by atoms with Crippen molar-refractivity contribution in [1.82, 2.24) is 4.42 Å². The van der Waals surface area contributed by atoms with Gasteiger partial charge in [-0.1, -0.05) is 41.9 Å². The number of hydrogen-bond donors (Lipinski definition) is 1. The minimum absolute atomic E-state index is 0.0691. The lowest BCUT2D eigenvalue weighted by Gasteiger charge is -2.30. The maximum atomic E-state index is 12.0. The average Bonchev–Trinajstić information content (AvgIpc) is 2.60. The van der Waals surface area contributed by atoms with Crippen LogP contribution in [0.15, 0.2) is 53.5 Å². The fourth-order valence-electron chi connectivity index (χ4n) is 2.57. The molecule has 0 spiro atoms. The van der Waals surface area contributed by atoms with Gasteiger partial charge in [-0.2, -0.15) is 4.42 Å². The molecule has 0 bridgehead atoms. The van der Waals surface area contributed by atoms with Crippen molar-refractivity contribution in [3.63, 3.8) is 0 Å². The predicted octanol–water partition coefficient (Wildman–Crippen LogP) is 3.45. The van der Waals surface area contributed by atoms with Crippen LogP contribution in [0, 0.1) is 0 Å². The van der Waals surface area contributed by atoms with Crippen LogP contribution in [0.2, 0.25) is 0 Å². The smallest absolute Gasteiger partial charge is 0.248 e. The molecule has 2 aromatic rings. The second-order valence-electron chi connectivity index (χ2n) is 5.39. The highest BCUT2D eigenvalue weighted by molar-refractivity contribution is 6.34. The van der Waals surface area contributed by atoms with Gasteiger partial charge in [0.25, 0.3) is 0 Å². The van der Waals surface area contributed by atoms with E-state index in [1.807, 2.05) is 48.5 Å². The van der Waals surface area contributed by atoms with E-state index in [-0.39, 0.29) is 12.4 Å². The Balaban J connectivity index is 2.03. The zero-order valence-electron chi connectivity index (χ0n) is 12.9. The van der Waals surface area contributed by atoms with Crippen LogP contribution in [0.3, 0.4) is 0 Å². The average molecular weight is 364 g/mol. The summed E-state index contributed by atoms with van der Waals surface area (Å²) in [5.74, 6) is 0.243. The Bertz CT molecular complexity index is 825. The largest absolute Gasteiger partial charge is 0.497 e. The molecule has 7 heteroatoms. The number of aliphatic imine (C=N–C) groups is 1. The Hall–Kier alpha value is -2.24. The molecule has 0 saturated heterocycles. The van der Waals surface area contributed by atoms with Gasteiger partial charge in [0.2, 0.25) is 11.9 Å². The van der Waals surface area contributed by atoms with Crippen molar-refractivity contribution >= 4 is 35.2 Å². The zero-order chi connectivity index (χ0) is 17.3. The van der Waals surface area contributed by atoms with Crippen LogP contribution in [-0.2, 0) is 9.79 Å². The molecule has 1 aliphatic heterocycles. The standard InChI is InChI=1S/C17H15Cl2N3O2/c1-24-14-7-3-5-12(9-14)11-4-2-6-13(8-11)17(18)10-15(23)22(19)16(20)21-17/h2-9H,10H2,1H3,(H2,20,21)/t17-/m0/s1. The molecule has 1 aliphatic rings. The number of halogens is 2. The van der Waals surface area contributed by atoms with Crippen LogP contribution < -0.4 is 10.5 Å². The van der Waals surface area contributed by atoms with Gasteiger partial charge in [-0.15, -0.1) is 0 Å². The lowest BCUT2D eigenvalue weighted by molar-refractivity contribution is -0.125. The van der Waals surface area contributed by atoms with Crippen LogP contribution in [0.5, 0.6) is 5.75 Å². The minimum atomic E-state index is -1.26. The first-order chi connectivity index (χ1) is 11.4. The van der Waals surface area contributed by atoms with Crippen molar-refractivity contribution in [3.05, 3.63) is 54.1 Å². The molecule has 24 heavy (non-hydrogen) atoms. The number of methoxy groups -OCH3 is 1. The topological polar surface area (TPSA) is 67.9 Å². The predicted molar refractivity (Wildman–Crippen MR) is 94.9 cm³/mol. The van der Waals surface area contributed by atoms with Gasteiger partial charge in [0, 0.05) is 11.8 Å². The molecular weight excluding hydrogens is 349 g/mol. The fourth-order valence-corrected chi connectivity index (χ4v) is 2.98. The molecule has 1 heterocycles. The highest BCUT2D eigenvalue weighted by atomic mass is 35.5. The molecule has 1 atom stereocenters. The highest BCUT2D eigenvalue weighted by Gasteiger charge is 2.39. The number of carbonyl (C=O) groups is 1. The number of carbonyl (C=O) groups excluding carboxylic acids is 1. The van der Waals surface area contributed by atoms with Gasteiger partial charge >= 0.3 is 0 Å². The van der Waals surface area contributed by atoms with Crippen molar-refractivity contribution in [1.29, 1.82) is 0 Å². The molecule has 124 valence electrons. The van der Waals surface area contributed by atoms with Gasteiger partial charge < -0.3 is 10.5 Å². The molecule has 5 nitrogen and oxygen atoms in total. The molecule has 3 rings (SSSR count). The Kier molecular flexibility index (Phi) is 4.39. The summed E-state index contributed by atoms with van der Waals surface area (Å²) in [6.45, 7) is 0. The van der Waals surface area contributed by atoms with Gasteiger partial charge in [0.15, 0.2) is 5.00 Å². The molecule has 0 unspecified atom stereocenters. The molecular formula is C17H15Cl2N3O2. The summed E-state index contributed by atoms with van der Waals surface area (Å²) in [7, 11) is 1.62. The number of guanidine groups is 1. The first-order valence-corrected chi connectivity index (χ1v) is 7.92. The quantitative estimate of drug-likeness (QED) is 0.515. The van der Waals surface area contributed by atoms with Crippen molar-refractivity contribution in [2.45, 2.75) is 11.4 Å². The molecule has 0 fully saturated rings. The first-order valence-electron chi connectivity index (χ1n) is 7.21. The summed E-state index contributed by atoms with van der Waals surface area (Å²) in [4.78, 5) is 14.9. The third kappa shape index (κ3) is 3.05. The molecule has 2 aromatic carbocycles. The van der Waals surface area contributed by atoms with E-state index in [1.165, 1.54) is 0 Å². The molecule has 1 amide bonds. The summed E-state index contributed by atoms with van der Waals surface area (Å²) in [5, 5.41) is 0. The van der Waals surface area contributed by atoms with Crippen LogP contribution in [0.25, 0.3) is 11.1 Å². The van der Waals surface area contributed by atoms with E-state index in [4.69, 9.17) is 33.8 Å². The SMILES string of the molecule is COc1cccc(-c2cccc([C@]3(Cl)CC(=O)N(Cl)C(N)=N3)c2)c1. The number of amides is 1. The van der Waals surface area contributed by atoms with Gasteiger partial charge in [0.05, 0.1) is 13.5 Å². The van der Waals surface area contributed by atoms with E-state index in [0.717, 1.165) is 21.3 Å². The second kappa shape index (κ2) is 6.34. The van der Waals surface area contributed by atoms with Crippen molar-refractivity contribution < 1.29 is 9.53 Å².